The van der Waals surface area contributed by atoms with Crippen LogP contribution < -0.4 is 10.1 Å². The largest absolute Gasteiger partial charge is 0.481 e. The third-order valence-electron chi connectivity index (χ3n) is 5.17. The monoisotopic (exact) mass is 400 g/mol. The summed E-state index contributed by atoms with van der Waals surface area (Å²) in [6.07, 6.45) is 3.97. The first kappa shape index (κ1) is 20.7. The summed E-state index contributed by atoms with van der Waals surface area (Å²) < 4.78 is 5.84. The van der Waals surface area contributed by atoms with Crippen molar-refractivity contribution in [2.75, 3.05) is 13.1 Å². The van der Waals surface area contributed by atoms with Crippen LogP contribution in [0.3, 0.4) is 0 Å². The molecule has 0 aromatic heterocycles. The predicted octanol–water partition coefficient (Wildman–Crippen LogP) is 4.80. The lowest BCUT2D eigenvalue weighted by atomic mass is 10.0. The van der Waals surface area contributed by atoms with Crippen LogP contribution in [0.25, 0.3) is 0 Å². The van der Waals surface area contributed by atoms with Gasteiger partial charge in [-0.2, -0.15) is 0 Å². The van der Waals surface area contributed by atoms with Crippen LogP contribution in [-0.2, 0) is 17.9 Å². The summed E-state index contributed by atoms with van der Waals surface area (Å²) in [6, 6.07) is 15.5. The number of likely N-dealkylation sites (tertiary alicyclic amines) is 1. The second kappa shape index (κ2) is 10.5. The van der Waals surface area contributed by atoms with E-state index in [2.05, 4.69) is 28.4 Å². The molecule has 0 aliphatic carbocycles. The molecule has 2 aromatic carbocycles. The lowest BCUT2D eigenvalue weighted by Gasteiger charge is -2.27. The zero-order valence-corrected chi connectivity index (χ0v) is 17.3. The minimum absolute atomic E-state index is 0.0924. The van der Waals surface area contributed by atoms with Crippen LogP contribution in [0, 0.1) is 0 Å². The third-order valence-corrected chi connectivity index (χ3v) is 5.42. The molecule has 5 heteroatoms. The van der Waals surface area contributed by atoms with E-state index in [1.54, 1.807) is 24.3 Å². The molecule has 1 unspecified atom stereocenters. The van der Waals surface area contributed by atoms with E-state index < -0.39 is 6.10 Å². The van der Waals surface area contributed by atoms with Crippen molar-refractivity contribution in [2.24, 2.45) is 0 Å². The third kappa shape index (κ3) is 5.98. The number of carbonyl (C=O) groups is 1. The standard InChI is InChI=1S/C23H29ClN2O2/c1-2-22(28-21-12-10-20(24)11-13-21)23(27)25-16-18-8-4-5-9-19(18)17-26-14-6-3-7-15-26/h4-5,8-13,22H,2-3,6-7,14-17H2,1H3,(H,25,27). The van der Waals surface area contributed by atoms with E-state index in [9.17, 15) is 4.79 Å². The molecule has 1 aliphatic heterocycles. The van der Waals surface area contributed by atoms with Crippen molar-refractivity contribution < 1.29 is 9.53 Å². The van der Waals surface area contributed by atoms with Gasteiger partial charge in [-0.15, -0.1) is 0 Å². The Hall–Kier alpha value is -2.04. The van der Waals surface area contributed by atoms with E-state index in [0.717, 1.165) is 19.6 Å². The second-order valence-electron chi connectivity index (χ2n) is 7.29. The first-order chi connectivity index (χ1) is 13.7. The van der Waals surface area contributed by atoms with Gasteiger partial charge < -0.3 is 10.1 Å². The number of nitrogens with zero attached hydrogens (tertiary/aromatic N) is 1. The van der Waals surface area contributed by atoms with Gasteiger partial charge >= 0.3 is 0 Å². The van der Waals surface area contributed by atoms with Crippen LogP contribution in [0.1, 0.15) is 43.7 Å². The number of nitrogens with one attached hydrogen (secondary N) is 1. The van der Waals surface area contributed by atoms with E-state index in [1.807, 2.05) is 13.0 Å². The van der Waals surface area contributed by atoms with Gasteiger partial charge in [0, 0.05) is 18.1 Å². The topological polar surface area (TPSA) is 41.6 Å². The summed E-state index contributed by atoms with van der Waals surface area (Å²) in [7, 11) is 0. The summed E-state index contributed by atoms with van der Waals surface area (Å²) in [5.41, 5.74) is 2.46. The van der Waals surface area contributed by atoms with Gasteiger partial charge in [0.15, 0.2) is 6.10 Å². The fourth-order valence-corrected chi connectivity index (χ4v) is 3.66. The number of carbonyl (C=O) groups excluding carboxylic acids is 1. The average Bonchev–Trinajstić information content (AvgIpc) is 2.73. The summed E-state index contributed by atoms with van der Waals surface area (Å²) in [6.45, 7) is 5.74. The van der Waals surface area contributed by atoms with E-state index in [0.29, 0.717) is 23.7 Å². The fourth-order valence-electron chi connectivity index (χ4n) is 3.54. The molecule has 0 bridgehead atoms. The van der Waals surface area contributed by atoms with Crippen LogP contribution >= 0.6 is 11.6 Å². The zero-order valence-electron chi connectivity index (χ0n) is 16.5. The molecule has 1 aliphatic rings. The minimum atomic E-state index is -0.518. The molecule has 0 radical (unpaired) electrons. The number of piperidine rings is 1. The second-order valence-corrected chi connectivity index (χ2v) is 7.73. The van der Waals surface area contributed by atoms with Crippen molar-refractivity contribution in [2.45, 2.75) is 51.8 Å². The maximum atomic E-state index is 12.6. The number of halogens is 1. The van der Waals surface area contributed by atoms with Gasteiger partial charge in [-0.05, 0) is 67.7 Å². The van der Waals surface area contributed by atoms with E-state index in [-0.39, 0.29) is 5.91 Å². The Bertz CT molecular complexity index is 757. The summed E-state index contributed by atoms with van der Waals surface area (Å²) in [5.74, 6) is 0.558. The van der Waals surface area contributed by atoms with Crippen molar-refractivity contribution in [1.29, 1.82) is 0 Å². The molecule has 150 valence electrons. The molecule has 3 rings (SSSR count). The molecule has 0 saturated carbocycles. The van der Waals surface area contributed by atoms with Gasteiger partial charge in [0.2, 0.25) is 0 Å². The van der Waals surface area contributed by atoms with E-state index >= 15 is 0 Å². The number of hydrogen-bond acceptors (Lipinski definition) is 3. The summed E-state index contributed by atoms with van der Waals surface area (Å²) in [5, 5.41) is 3.70. The number of benzene rings is 2. The first-order valence-corrected chi connectivity index (χ1v) is 10.5. The molecule has 1 heterocycles. The Kier molecular flexibility index (Phi) is 7.75. The Morgan fingerprint density at radius 2 is 1.75 bits per heavy atom. The van der Waals surface area contributed by atoms with Crippen molar-refractivity contribution in [1.82, 2.24) is 10.2 Å². The number of amides is 1. The number of ether oxygens (including phenoxy) is 1. The maximum absolute atomic E-state index is 12.6. The SMILES string of the molecule is CCC(Oc1ccc(Cl)cc1)C(=O)NCc1ccccc1CN1CCCCC1. The van der Waals surface area contributed by atoms with Crippen molar-refractivity contribution in [3.05, 3.63) is 64.7 Å². The highest BCUT2D eigenvalue weighted by atomic mass is 35.5. The molecule has 0 spiro atoms. The highest BCUT2D eigenvalue weighted by Crippen LogP contribution is 2.19. The van der Waals surface area contributed by atoms with Crippen molar-refractivity contribution in [3.8, 4) is 5.75 Å². The highest BCUT2D eigenvalue weighted by Gasteiger charge is 2.19. The molecular formula is C23H29ClN2O2. The summed E-state index contributed by atoms with van der Waals surface area (Å²) in [4.78, 5) is 15.2. The van der Waals surface area contributed by atoms with Gasteiger partial charge in [0.05, 0.1) is 0 Å². The molecule has 1 atom stereocenters. The quantitative estimate of drug-likeness (QED) is 0.692. The number of rotatable bonds is 8. The highest BCUT2D eigenvalue weighted by molar-refractivity contribution is 6.30. The molecule has 1 amide bonds. The molecule has 1 saturated heterocycles. The molecule has 2 aromatic rings. The zero-order chi connectivity index (χ0) is 19.8. The van der Waals surface area contributed by atoms with Crippen LogP contribution in [0.15, 0.2) is 48.5 Å². The fraction of sp³-hybridized carbons (Fsp3) is 0.435. The van der Waals surface area contributed by atoms with Gasteiger partial charge in [-0.3, -0.25) is 9.69 Å². The lowest BCUT2D eigenvalue weighted by Crippen LogP contribution is -2.38. The van der Waals surface area contributed by atoms with Crippen molar-refractivity contribution in [3.63, 3.8) is 0 Å². The molecule has 1 fully saturated rings. The lowest BCUT2D eigenvalue weighted by molar-refractivity contribution is -0.128. The van der Waals surface area contributed by atoms with Gasteiger partial charge in [-0.25, -0.2) is 0 Å². The Balaban J connectivity index is 1.57. The Morgan fingerprint density at radius 3 is 2.43 bits per heavy atom. The average molecular weight is 401 g/mol. The normalized spacial score (nSPS) is 15.8. The predicted molar refractivity (Wildman–Crippen MR) is 114 cm³/mol. The van der Waals surface area contributed by atoms with Crippen molar-refractivity contribution >= 4 is 17.5 Å². The Morgan fingerprint density at radius 1 is 1.07 bits per heavy atom. The van der Waals surface area contributed by atoms with Crippen LogP contribution in [0.4, 0.5) is 0 Å². The van der Waals surface area contributed by atoms with Gasteiger partial charge in [0.25, 0.3) is 5.91 Å². The van der Waals surface area contributed by atoms with Gasteiger partial charge in [-0.1, -0.05) is 49.2 Å². The number of hydrogen-bond donors (Lipinski definition) is 1. The maximum Gasteiger partial charge on any atom is 0.261 e. The molecule has 4 nitrogen and oxygen atoms in total. The van der Waals surface area contributed by atoms with Gasteiger partial charge in [0.1, 0.15) is 5.75 Å². The summed E-state index contributed by atoms with van der Waals surface area (Å²) >= 11 is 5.91. The first-order valence-electron chi connectivity index (χ1n) is 10.1. The van der Waals surface area contributed by atoms with E-state index in [1.165, 1.54) is 30.4 Å². The molecular weight excluding hydrogens is 372 g/mol. The van der Waals surface area contributed by atoms with E-state index in [4.69, 9.17) is 16.3 Å². The smallest absolute Gasteiger partial charge is 0.261 e. The van der Waals surface area contributed by atoms with Crippen LogP contribution in [-0.4, -0.2) is 30.0 Å². The van der Waals surface area contributed by atoms with Crippen LogP contribution in [0.5, 0.6) is 5.75 Å². The minimum Gasteiger partial charge on any atom is -0.481 e. The Labute approximate surface area is 172 Å². The molecule has 28 heavy (non-hydrogen) atoms. The van der Waals surface area contributed by atoms with Crippen LogP contribution in [0.2, 0.25) is 5.02 Å². The molecule has 1 N–H and O–H groups in total.